The molecule has 2 heterocycles. The molecule has 0 spiro atoms. The van der Waals surface area contributed by atoms with Gasteiger partial charge in [-0.3, -0.25) is 9.59 Å². The van der Waals surface area contributed by atoms with Crippen LogP contribution in [-0.4, -0.2) is 35.5 Å². The Morgan fingerprint density at radius 3 is 2.71 bits per heavy atom. The van der Waals surface area contributed by atoms with E-state index >= 15 is 0 Å². The Labute approximate surface area is 143 Å². The van der Waals surface area contributed by atoms with E-state index in [4.69, 9.17) is 4.74 Å². The van der Waals surface area contributed by atoms with Crippen LogP contribution < -0.4 is 10.1 Å². The lowest BCUT2D eigenvalue weighted by molar-refractivity contribution is -0.171. The number of hydrogen-bond acceptors (Lipinski definition) is 3. The Morgan fingerprint density at radius 1 is 1.38 bits per heavy atom. The van der Waals surface area contributed by atoms with Crippen LogP contribution in [0.4, 0.5) is 0 Å². The standard InChI is InChI=1S/C19H26N2O3/c1-5-12(6-2)20-17(22)16-14-11-19(3,21(4)18(16)23)24-15-10-8-7-9-13(14)15/h7-10,12,14,16H,5-6,11H2,1-4H3,(H,20,22)/t14-,16-,19-/m0/s1. The lowest BCUT2D eigenvalue weighted by atomic mass is 9.73. The van der Waals surface area contributed by atoms with E-state index in [1.165, 1.54) is 0 Å². The monoisotopic (exact) mass is 330 g/mol. The van der Waals surface area contributed by atoms with E-state index in [1.807, 2.05) is 45.0 Å². The summed E-state index contributed by atoms with van der Waals surface area (Å²) in [7, 11) is 1.73. The highest BCUT2D eigenvalue weighted by Crippen LogP contribution is 2.49. The summed E-state index contributed by atoms with van der Waals surface area (Å²) in [5.74, 6) is -0.376. The van der Waals surface area contributed by atoms with Gasteiger partial charge in [-0.05, 0) is 31.4 Å². The molecule has 1 aromatic carbocycles. The van der Waals surface area contributed by atoms with Gasteiger partial charge in [0.2, 0.25) is 11.8 Å². The number of ether oxygens (including phenoxy) is 1. The smallest absolute Gasteiger partial charge is 0.238 e. The fraction of sp³-hybridized carbons (Fsp3) is 0.579. The second kappa shape index (κ2) is 6.11. The highest BCUT2D eigenvalue weighted by molar-refractivity contribution is 6.02. The average molecular weight is 330 g/mol. The summed E-state index contributed by atoms with van der Waals surface area (Å²) in [4.78, 5) is 27.4. The van der Waals surface area contributed by atoms with Gasteiger partial charge < -0.3 is 15.0 Å². The normalized spacial score (nSPS) is 28.4. The molecule has 0 unspecified atom stereocenters. The quantitative estimate of drug-likeness (QED) is 0.864. The summed E-state index contributed by atoms with van der Waals surface area (Å²) in [5.41, 5.74) is 0.267. The van der Waals surface area contributed by atoms with Crippen molar-refractivity contribution >= 4 is 11.8 Å². The molecule has 2 aliphatic heterocycles. The van der Waals surface area contributed by atoms with Gasteiger partial charge >= 0.3 is 0 Å². The molecule has 1 aromatic rings. The summed E-state index contributed by atoms with van der Waals surface area (Å²) in [5, 5.41) is 3.06. The minimum Gasteiger partial charge on any atom is -0.468 e. The Hall–Kier alpha value is -2.04. The van der Waals surface area contributed by atoms with E-state index in [0.717, 1.165) is 24.2 Å². The van der Waals surface area contributed by atoms with E-state index in [0.29, 0.717) is 6.42 Å². The van der Waals surface area contributed by atoms with Gasteiger partial charge in [-0.15, -0.1) is 0 Å². The van der Waals surface area contributed by atoms with E-state index in [2.05, 4.69) is 5.32 Å². The lowest BCUT2D eigenvalue weighted by Gasteiger charge is -2.51. The van der Waals surface area contributed by atoms with Crippen LogP contribution in [0.2, 0.25) is 0 Å². The molecule has 2 amide bonds. The maximum absolute atomic E-state index is 12.9. The molecule has 1 N–H and O–H groups in total. The average Bonchev–Trinajstić information content (AvgIpc) is 2.57. The van der Waals surface area contributed by atoms with Crippen LogP contribution in [0.15, 0.2) is 24.3 Å². The van der Waals surface area contributed by atoms with Crippen LogP contribution in [0.5, 0.6) is 5.75 Å². The first-order chi connectivity index (χ1) is 11.4. The van der Waals surface area contributed by atoms with Gasteiger partial charge in [-0.1, -0.05) is 32.0 Å². The van der Waals surface area contributed by atoms with E-state index in [1.54, 1.807) is 11.9 Å². The third-order valence-corrected chi connectivity index (χ3v) is 5.57. The fourth-order valence-corrected chi connectivity index (χ4v) is 3.87. The summed E-state index contributed by atoms with van der Waals surface area (Å²) >= 11 is 0. The topological polar surface area (TPSA) is 58.6 Å². The number of likely N-dealkylation sites (tertiary alicyclic amines) is 1. The SMILES string of the molecule is CCC(CC)NC(=O)[C@H]1C(=O)N(C)[C@]2(C)C[C@H]1c1ccccc1O2. The van der Waals surface area contributed by atoms with Gasteiger partial charge in [-0.2, -0.15) is 0 Å². The van der Waals surface area contributed by atoms with Crippen molar-refractivity contribution < 1.29 is 14.3 Å². The molecular weight excluding hydrogens is 304 g/mol. The van der Waals surface area contributed by atoms with Crippen LogP contribution in [0.1, 0.15) is 51.5 Å². The second-order valence-corrected chi connectivity index (χ2v) is 7.02. The van der Waals surface area contributed by atoms with E-state index in [9.17, 15) is 9.59 Å². The first kappa shape index (κ1) is 16.8. The number of fused-ring (bicyclic) bond motifs is 4. The summed E-state index contributed by atoms with van der Waals surface area (Å²) < 4.78 is 6.10. The molecule has 1 fully saturated rings. The minimum atomic E-state index is -0.693. The Balaban J connectivity index is 1.98. The number of carbonyl (C=O) groups excluding carboxylic acids is 2. The zero-order chi connectivity index (χ0) is 17.5. The first-order valence-corrected chi connectivity index (χ1v) is 8.77. The minimum absolute atomic E-state index is 0.110. The molecule has 0 radical (unpaired) electrons. The molecule has 5 nitrogen and oxygen atoms in total. The number of para-hydroxylation sites is 1. The van der Waals surface area contributed by atoms with Crippen molar-refractivity contribution in [3.8, 4) is 5.75 Å². The van der Waals surface area contributed by atoms with Gasteiger partial charge in [0.15, 0.2) is 5.72 Å². The predicted molar refractivity (Wildman–Crippen MR) is 91.6 cm³/mol. The molecule has 24 heavy (non-hydrogen) atoms. The van der Waals surface area contributed by atoms with E-state index in [-0.39, 0.29) is 23.8 Å². The number of nitrogens with zero attached hydrogens (tertiary/aromatic N) is 1. The van der Waals surface area contributed by atoms with Crippen molar-refractivity contribution in [1.82, 2.24) is 10.2 Å². The van der Waals surface area contributed by atoms with Crippen molar-refractivity contribution in [3.05, 3.63) is 29.8 Å². The Morgan fingerprint density at radius 2 is 2.04 bits per heavy atom. The Bertz CT molecular complexity index is 656. The number of rotatable bonds is 4. The highest BCUT2D eigenvalue weighted by atomic mass is 16.5. The van der Waals surface area contributed by atoms with Crippen molar-refractivity contribution in [3.63, 3.8) is 0 Å². The van der Waals surface area contributed by atoms with Crippen molar-refractivity contribution in [2.45, 2.75) is 57.7 Å². The number of benzene rings is 1. The molecular formula is C19H26N2O3. The summed E-state index contributed by atoms with van der Waals surface area (Å²) in [6.45, 7) is 6.01. The molecule has 0 aliphatic carbocycles. The number of piperidine rings is 1. The van der Waals surface area contributed by atoms with Gasteiger partial charge in [0.1, 0.15) is 11.7 Å². The van der Waals surface area contributed by atoms with Crippen molar-refractivity contribution in [1.29, 1.82) is 0 Å². The number of nitrogens with one attached hydrogen (secondary N) is 1. The van der Waals surface area contributed by atoms with Gasteiger partial charge in [0, 0.05) is 25.4 Å². The maximum Gasteiger partial charge on any atom is 0.238 e. The maximum atomic E-state index is 12.9. The van der Waals surface area contributed by atoms with Crippen LogP contribution in [0.25, 0.3) is 0 Å². The van der Waals surface area contributed by atoms with Crippen LogP contribution in [-0.2, 0) is 9.59 Å². The second-order valence-electron chi connectivity index (χ2n) is 7.02. The molecule has 5 heteroatoms. The zero-order valence-corrected chi connectivity index (χ0v) is 14.8. The van der Waals surface area contributed by atoms with Crippen LogP contribution in [0.3, 0.4) is 0 Å². The highest BCUT2D eigenvalue weighted by Gasteiger charge is 2.54. The van der Waals surface area contributed by atoms with Gasteiger partial charge in [0.05, 0.1) is 0 Å². The summed E-state index contributed by atoms with van der Waals surface area (Å²) in [6.07, 6.45) is 2.36. The van der Waals surface area contributed by atoms with Gasteiger partial charge in [-0.25, -0.2) is 0 Å². The summed E-state index contributed by atoms with van der Waals surface area (Å²) in [6, 6.07) is 7.85. The zero-order valence-electron chi connectivity index (χ0n) is 14.8. The fourth-order valence-electron chi connectivity index (χ4n) is 3.87. The molecule has 1 saturated heterocycles. The molecule has 0 aromatic heterocycles. The van der Waals surface area contributed by atoms with Crippen LogP contribution in [0, 0.1) is 5.92 Å². The number of amides is 2. The van der Waals surface area contributed by atoms with E-state index < -0.39 is 11.6 Å². The molecule has 3 atom stereocenters. The molecule has 2 bridgehead atoms. The molecule has 0 saturated carbocycles. The van der Waals surface area contributed by atoms with Gasteiger partial charge in [0.25, 0.3) is 0 Å². The van der Waals surface area contributed by atoms with Crippen molar-refractivity contribution in [2.24, 2.45) is 5.92 Å². The predicted octanol–water partition coefficient (Wildman–Crippen LogP) is 2.66. The largest absolute Gasteiger partial charge is 0.468 e. The molecule has 2 aliphatic rings. The lowest BCUT2D eigenvalue weighted by Crippen LogP contribution is -2.63. The number of hydrogen-bond donors (Lipinski definition) is 1. The van der Waals surface area contributed by atoms with Crippen LogP contribution >= 0.6 is 0 Å². The third kappa shape index (κ3) is 2.56. The first-order valence-electron chi connectivity index (χ1n) is 8.77. The Kier molecular flexibility index (Phi) is 4.28. The third-order valence-electron chi connectivity index (χ3n) is 5.57. The van der Waals surface area contributed by atoms with Crippen molar-refractivity contribution in [2.75, 3.05) is 7.05 Å². The molecule has 130 valence electrons. The number of carbonyl (C=O) groups is 2. The molecule has 3 rings (SSSR count).